The van der Waals surface area contributed by atoms with Gasteiger partial charge in [-0.3, -0.25) is 9.59 Å². The van der Waals surface area contributed by atoms with Crippen molar-refractivity contribution in [1.29, 1.82) is 0 Å². The zero-order valence-corrected chi connectivity index (χ0v) is 13.4. The van der Waals surface area contributed by atoms with Gasteiger partial charge in [-0.2, -0.15) is 0 Å². The molecule has 5 heteroatoms. The van der Waals surface area contributed by atoms with Gasteiger partial charge in [-0.05, 0) is 37.0 Å². The molecule has 112 valence electrons. The monoisotopic (exact) mass is 350 g/mol. The molecule has 21 heavy (non-hydrogen) atoms. The molecule has 1 N–H and O–H groups in total. The maximum atomic E-state index is 12.8. The van der Waals surface area contributed by atoms with Gasteiger partial charge >= 0.3 is 0 Å². The molecule has 2 fully saturated rings. The summed E-state index contributed by atoms with van der Waals surface area (Å²) in [5.41, 5.74) is 0.782. The van der Waals surface area contributed by atoms with Crippen molar-refractivity contribution in [2.24, 2.45) is 5.92 Å². The quantitative estimate of drug-likeness (QED) is 0.891. The summed E-state index contributed by atoms with van der Waals surface area (Å²) in [4.78, 5) is 26.4. The number of carbonyl (C=O) groups excluding carboxylic acids is 2. The lowest BCUT2D eigenvalue weighted by molar-refractivity contribution is -0.132. The average Bonchev–Trinajstić information content (AvgIpc) is 2.50. The number of piperazine rings is 1. The molecular weight excluding hydrogens is 332 g/mol. The lowest BCUT2D eigenvalue weighted by Crippen LogP contribution is -2.61. The molecule has 0 aromatic heterocycles. The van der Waals surface area contributed by atoms with E-state index >= 15 is 0 Å². The van der Waals surface area contributed by atoms with Crippen molar-refractivity contribution in [1.82, 2.24) is 5.32 Å². The van der Waals surface area contributed by atoms with E-state index in [1.165, 1.54) is 6.42 Å². The molecule has 1 unspecified atom stereocenters. The predicted molar refractivity (Wildman–Crippen MR) is 85.0 cm³/mol. The van der Waals surface area contributed by atoms with Gasteiger partial charge in [-0.1, -0.05) is 41.3 Å². The smallest absolute Gasteiger partial charge is 0.250 e. The molecule has 1 aliphatic heterocycles. The third-order valence-corrected chi connectivity index (χ3v) is 4.88. The lowest BCUT2D eigenvalue weighted by atomic mass is 9.82. The van der Waals surface area contributed by atoms with Crippen LogP contribution in [0.2, 0.25) is 0 Å². The summed E-state index contributed by atoms with van der Waals surface area (Å²) in [6.45, 7) is 0.110. The molecule has 3 rings (SSSR count). The second-order valence-corrected chi connectivity index (χ2v) is 6.76. The predicted octanol–water partition coefficient (Wildman–Crippen LogP) is 2.86. The fourth-order valence-electron chi connectivity index (χ4n) is 3.32. The molecule has 0 bridgehead atoms. The van der Waals surface area contributed by atoms with Gasteiger partial charge in [0.25, 0.3) is 0 Å². The second-order valence-electron chi connectivity index (χ2n) is 5.85. The van der Waals surface area contributed by atoms with Gasteiger partial charge in [0.2, 0.25) is 11.8 Å². The highest BCUT2D eigenvalue weighted by Gasteiger charge is 2.38. The number of hydrogen-bond donors (Lipinski definition) is 1. The highest BCUT2D eigenvalue weighted by molar-refractivity contribution is 9.10. The fraction of sp³-hybridized carbons (Fsp3) is 0.500. The number of nitrogens with one attached hydrogen (secondary N) is 1. The van der Waals surface area contributed by atoms with Crippen LogP contribution in [0.25, 0.3) is 0 Å². The normalized spacial score (nSPS) is 24.0. The van der Waals surface area contributed by atoms with Crippen LogP contribution in [-0.2, 0) is 9.59 Å². The van der Waals surface area contributed by atoms with Gasteiger partial charge in [0.15, 0.2) is 0 Å². The van der Waals surface area contributed by atoms with E-state index in [0.29, 0.717) is 0 Å². The maximum Gasteiger partial charge on any atom is 0.250 e. The van der Waals surface area contributed by atoms with Crippen LogP contribution in [0.5, 0.6) is 0 Å². The van der Waals surface area contributed by atoms with Crippen LogP contribution >= 0.6 is 15.9 Å². The minimum Gasteiger partial charge on any atom is -0.342 e. The highest BCUT2D eigenvalue weighted by Crippen LogP contribution is 2.30. The van der Waals surface area contributed by atoms with Crippen LogP contribution in [0.4, 0.5) is 5.69 Å². The Morgan fingerprint density at radius 2 is 1.90 bits per heavy atom. The molecule has 2 aliphatic rings. The summed E-state index contributed by atoms with van der Waals surface area (Å²) in [6.07, 6.45) is 5.61. The number of halogens is 1. The topological polar surface area (TPSA) is 49.4 Å². The summed E-state index contributed by atoms with van der Waals surface area (Å²) in [6, 6.07) is 7.20. The van der Waals surface area contributed by atoms with Gasteiger partial charge in [-0.15, -0.1) is 0 Å². The minimum atomic E-state index is -0.356. The Labute approximate surface area is 133 Å². The van der Waals surface area contributed by atoms with E-state index in [2.05, 4.69) is 21.2 Å². The Hall–Kier alpha value is -1.36. The number of rotatable bonds is 2. The molecule has 1 atom stereocenters. The molecule has 0 radical (unpaired) electrons. The van der Waals surface area contributed by atoms with Crippen LogP contribution in [0.3, 0.4) is 0 Å². The van der Waals surface area contributed by atoms with Crippen molar-refractivity contribution >= 4 is 33.4 Å². The summed E-state index contributed by atoms with van der Waals surface area (Å²) in [7, 11) is 0. The maximum absolute atomic E-state index is 12.8. The Kier molecular flexibility index (Phi) is 4.29. The zero-order valence-electron chi connectivity index (χ0n) is 11.8. The first-order valence-corrected chi connectivity index (χ1v) is 8.31. The van der Waals surface area contributed by atoms with Crippen molar-refractivity contribution in [3.05, 3.63) is 28.7 Å². The third-order valence-electron chi connectivity index (χ3n) is 4.39. The molecule has 1 heterocycles. The van der Waals surface area contributed by atoms with E-state index in [4.69, 9.17) is 0 Å². The first kappa shape index (κ1) is 14.6. The number of anilines is 1. The highest BCUT2D eigenvalue weighted by atomic mass is 79.9. The third kappa shape index (κ3) is 3.12. The van der Waals surface area contributed by atoms with Crippen LogP contribution in [-0.4, -0.2) is 24.4 Å². The van der Waals surface area contributed by atoms with Crippen LogP contribution in [0.1, 0.15) is 32.1 Å². The molecule has 2 amide bonds. The Balaban J connectivity index is 1.84. The minimum absolute atomic E-state index is 0.0274. The van der Waals surface area contributed by atoms with E-state index < -0.39 is 0 Å². The van der Waals surface area contributed by atoms with Crippen LogP contribution in [0, 0.1) is 5.92 Å². The first-order chi connectivity index (χ1) is 10.1. The number of carbonyl (C=O) groups is 2. The average molecular weight is 351 g/mol. The van der Waals surface area contributed by atoms with Crippen molar-refractivity contribution in [2.45, 2.75) is 38.1 Å². The van der Waals surface area contributed by atoms with Gasteiger partial charge in [0.05, 0.1) is 0 Å². The van der Waals surface area contributed by atoms with E-state index in [-0.39, 0.29) is 30.3 Å². The second kappa shape index (κ2) is 6.18. The number of benzene rings is 1. The molecule has 1 saturated carbocycles. The zero-order chi connectivity index (χ0) is 14.8. The van der Waals surface area contributed by atoms with E-state index in [0.717, 1.165) is 35.8 Å². The summed E-state index contributed by atoms with van der Waals surface area (Å²) in [5.74, 6) is 0.245. The molecule has 1 aromatic carbocycles. The molecule has 1 aliphatic carbocycles. The molecule has 4 nitrogen and oxygen atoms in total. The summed E-state index contributed by atoms with van der Waals surface area (Å²) >= 11 is 3.42. The molecule has 0 spiro atoms. The van der Waals surface area contributed by atoms with Gasteiger partial charge < -0.3 is 10.2 Å². The SMILES string of the molecule is O=C1CN(c2cccc(Br)c2)C(=O)C(C2CCCCC2)N1. The largest absolute Gasteiger partial charge is 0.342 e. The van der Waals surface area contributed by atoms with Crippen molar-refractivity contribution in [3.63, 3.8) is 0 Å². The molecule has 1 aromatic rings. The summed E-state index contributed by atoms with van der Waals surface area (Å²) in [5, 5.41) is 2.91. The van der Waals surface area contributed by atoms with E-state index in [1.54, 1.807) is 4.90 Å². The van der Waals surface area contributed by atoms with Crippen molar-refractivity contribution in [2.75, 3.05) is 11.4 Å². The van der Waals surface area contributed by atoms with Crippen LogP contribution in [0.15, 0.2) is 28.7 Å². The van der Waals surface area contributed by atoms with Gasteiger partial charge in [-0.25, -0.2) is 0 Å². The van der Waals surface area contributed by atoms with Crippen LogP contribution < -0.4 is 10.2 Å². The number of hydrogen-bond acceptors (Lipinski definition) is 2. The summed E-state index contributed by atoms with van der Waals surface area (Å²) < 4.78 is 0.910. The standard InChI is InChI=1S/C16H19BrN2O2/c17-12-7-4-8-13(9-12)19-10-14(20)18-15(16(19)21)11-5-2-1-3-6-11/h4,7-9,11,15H,1-3,5-6,10H2,(H,18,20). The lowest BCUT2D eigenvalue weighted by Gasteiger charge is -2.37. The fourth-order valence-corrected chi connectivity index (χ4v) is 3.71. The number of amides is 2. The van der Waals surface area contributed by atoms with Gasteiger partial charge in [0, 0.05) is 10.2 Å². The Bertz CT molecular complexity index is 555. The van der Waals surface area contributed by atoms with Crippen molar-refractivity contribution in [3.8, 4) is 0 Å². The molecule has 1 saturated heterocycles. The van der Waals surface area contributed by atoms with Gasteiger partial charge in [0.1, 0.15) is 12.6 Å². The Morgan fingerprint density at radius 3 is 2.62 bits per heavy atom. The van der Waals surface area contributed by atoms with E-state index in [9.17, 15) is 9.59 Å². The Morgan fingerprint density at radius 1 is 1.14 bits per heavy atom. The van der Waals surface area contributed by atoms with Crippen molar-refractivity contribution < 1.29 is 9.59 Å². The number of nitrogens with zero attached hydrogens (tertiary/aromatic N) is 1. The molecular formula is C16H19BrN2O2. The first-order valence-electron chi connectivity index (χ1n) is 7.51. The van der Waals surface area contributed by atoms with E-state index in [1.807, 2.05) is 24.3 Å².